The molecule has 3 aromatic rings. The van der Waals surface area contributed by atoms with Crippen LogP contribution in [0.2, 0.25) is 0 Å². The number of alkyl halides is 5. The van der Waals surface area contributed by atoms with E-state index < -0.39 is 29.5 Å². The molecule has 0 bridgehead atoms. The first-order chi connectivity index (χ1) is 18.5. The van der Waals surface area contributed by atoms with Gasteiger partial charge in [-0.3, -0.25) is 0 Å². The summed E-state index contributed by atoms with van der Waals surface area (Å²) in [6, 6.07) is 9.87. The van der Waals surface area contributed by atoms with Crippen LogP contribution in [0.15, 0.2) is 48.5 Å². The van der Waals surface area contributed by atoms with Crippen LogP contribution in [0.5, 0.6) is 5.75 Å². The van der Waals surface area contributed by atoms with Gasteiger partial charge in [0.15, 0.2) is 0 Å². The second-order valence-corrected chi connectivity index (χ2v) is 10.1. The molecule has 1 nitrogen and oxygen atoms in total. The van der Waals surface area contributed by atoms with Crippen LogP contribution in [-0.2, 0) is 6.11 Å². The summed E-state index contributed by atoms with van der Waals surface area (Å²) in [6.45, 7) is 2.19. The van der Waals surface area contributed by atoms with Crippen LogP contribution in [0.1, 0.15) is 80.9 Å². The molecule has 39 heavy (non-hydrogen) atoms. The van der Waals surface area contributed by atoms with E-state index in [9.17, 15) is 30.7 Å². The van der Waals surface area contributed by atoms with Crippen molar-refractivity contribution in [3.8, 4) is 17.6 Å². The molecule has 208 valence electrons. The summed E-state index contributed by atoms with van der Waals surface area (Å²) < 4.78 is 101. The van der Waals surface area contributed by atoms with Crippen molar-refractivity contribution in [1.82, 2.24) is 0 Å². The summed E-state index contributed by atoms with van der Waals surface area (Å²) in [6.07, 6.45) is 0.697. The number of ether oxygens (including phenoxy) is 1. The Morgan fingerprint density at radius 2 is 1.56 bits per heavy atom. The van der Waals surface area contributed by atoms with Crippen molar-refractivity contribution in [2.75, 3.05) is 0 Å². The van der Waals surface area contributed by atoms with Crippen LogP contribution in [-0.4, -0.2) is 6.18 Å². The lowest BCUT2D eigenvalue weighted by atomic mass is 9.77. The maximum Gasteiger partial charge on any atom is 0.458 e. The molecule has 4 rings (SSSR count). The third kappa shape index (κ3) is 7.26. The molecule has 0 radical (unpaired) electrons. The summed E-state index contributed by atoms with van der Waals surface area (Å²) in [7, 11) is 0. The van der Waals surface area contributed by atoms with Gasteiger partial charge in [0.1, 0.15) is 17.4 Å². The van der Waals surface area contributed by atoms with Crippen molar-refractivity contribution >= 4 is 10.8 Å². The van der Waals surface area contributed by atoms with Crippen molar-refractivity contribution in [2.24, 2.45) is 5.92 Å². The summed E-state index contributed by atoms with van der Waals surface area (Å²) >= 11 is 0. The number of unbranched alkanes of at least 4 members (excludes halogenated alkanes) is 2. The lowest BCUT2D eigenvalue weighted by molar-refractivity contribution is -0.185. The first-order valence-corrected chi connectivity index (χ1v) is 13.2. The van der Waals surface area contributed by atoms with Crippen LogP contribution in [0.25, 0.3) is 10.8 Å². The molecule has 0 unspecified atom stereocenters. The average molecular weight is 551 g/mol. The van der Waals surface area contributed by atoms with E-state index in [0.717, 1.165) is 67.4 Å². The van der Waals surface area contributed by atoms with Gasteiger partial charge < -0.3 is 4.74 Å². The van der Waals surface area contributed by atoms with Crippen LogP contribution < -0.4 is 4.74 Å². The van der Waals surface area contributed by atoms with Gasteiger partial charge in [0, 0.05) is 11.3 Å². The van der Waals surface area contributed by atoms with E-state index in [0.29, 0.717) is 5.92 Å². The van der Waals surface area contributed by atoms with E-state index in [1.54, 1.807) is 12.1 Å². The van der Waals surface area contributed by atoms with Gasteiger partial charge in [-0.1, -0.05) is 50.7 Å². The maximum absolute atomic E-state index is 15.0. The Morgan fingerprint density at radius 1 is 0.872 bits per heavy atom. The van der Waals surface area contributed by atoms with Crippen LogP contribution in [0, 0.1) is 29.4 Å². The average Bonchev–Trinajstić information content (AvgIpc) is 2.88. The van der Waals surface area contributed by atoms with E-state index in [2.05, 4.69) is 6.92 Å². The fourth-order valence-corrected chi connectivity index (χ4v) is 5.24. The van der Waals surface area contributed by atoms with Crippen molar-refractivity contribution < 1.29 is 35.5 Å². The first kappa shape index (κ1) is 28.8. The molecular formula is C31H29F7O. The molecule has 0 N–H and O–H groups in total. The van der Waals surface area contributed by atoms with Gasteiger partial charge >= 0.3 is 12.3 Å². The third-order valence-electron chi connectivity index (χ3n) is 7.36. The quantitative estimate of drug-likeness (QED) is 0.154. The highest BCUT2D eigenvalue weighted by atomic mass is 19.4. The van der Waals surface area contributed by atoms with Crippen molar-refractivity contribution in [3.05, 3.63) is 76.9 Å². The molecule has 0 heterocycles. The van der Waals surface area contributed by atoms with Crippen LogP contribution in [0.3, 0.4) is 0 Å². The maximum atomic E-state index is 15.0. The molecule has 0 atom stereocenters. The third-order valence-corrected chi connectivity index (χ3v) is 7.36. The van der Waals surface area contributed by atoms with Crippen LogP contribution >= 0.6 is 0 Å². The molecule has 0 spiro atoms. The Kier molecular flexibility index (Phi) is 8.78. The minimum Gasteiger partial charge on any atom is -0.429 e. The largest absolute Gasteiger partial charge is 0.458 e. The van der Waals surface area contributed by atoms with Gasteiger partial charge in [0.25, 0.3) is 0 Å². The van der Waals surface area contributed by atoms with Gasteiger partial charge in [-0.15, -0.1) is 0 Å². The van der Waals surface area contributed by atoms with Crippen molar-refractivity contribution in [1.29, 1.82) is 0 Å². The Morgan fingerprint density at radius 3 is 2.21 bits per heavy atom. The smallest absolute Gasteiger partial charge is 0.429 e. The molecule has 1 fully saturated rings. The van der Waals surface area contributed by atoms with Gasteiger partial charge in [-0.25, -0.2) is 8.78 Å². The Bertz CT molecular complexity index is 1340. The molecule has 0 amide bonds. The number of hydrogen-bond donors (Lipinski definition) is 0. The number of halogens is 7. The predicted octanol–water partition coefficient (Wildman–Crippen LogP) is 10.0. The lowest BCUT2D eigenvalue weighted by Crippen LogP contribution is -2.22. The van der Waals surface area contributed by atoms with Crippen LogP contribution in [0.4, 0.5) is 30.7 Å². The predicted molar refractivity (Wildman–Crippen MR) is 137 cm³/mol. The molecule has 1 aliphatic rings. The number of hydrogen-bond acceptors (Lipinski definition) is 1. The zero-order chi connectivity index (χ0) is 28.2. The van der Waals surface area contributed by atoms with E-state index in [-0.39, 0.29) is 22.1 Å². The second-order valence-electron chi connectivity index (χ2n) is 10.1. The molecule has 1 saturated carbocycles. The van der Waals surface area contributed by atoms with Gasteiger partial charge in [-0.05, 0) is 84.9 Å². The van der Waals surface area contributed by atoms with E-state index >= 15 is 0 Å². The zero-order valence-electron chi connectivity index (χ0n) is 21.5. The van der Waals surface area contributed by atoms with E-state index in [4.69, 9.17) is 4.74 Å². The standard InChI is InChI=1S/C31H29F7O/c1-2-3-4-5-20-6-8-21(9-7-20)22-10-12-24(13-11-22)31(37,38)39-25-14-15-26-23(18-25)19-28(32)27(29(26)33)16-17-30(34,35)36/h10-15,18-21H,2-9H2,1H3. The molecular weight excluding hydrogens is 521 g/mol. The summed E-state index contributed by atoms with van der Waals surface area (Å²) in [5, 5.41) is -0.431. The fourth-order valence-electron chi connectivity index (χ4n) is 5.24. The molecule has 0 aliphatic heterocycles. The van der Waals surface area contributed by atoms with E-state index in [1.165, 1.54) is 43.7 Å². The molecule has 0 saturated heterocycles. The van der Waals surface area contributed by atoms with Gasteiger partial charge in [0.05, 0.1) is 11.1 Å². The highest BCUT2D eigenvalue weighted by Gasteiger charge is 2.35. The normalized spacial score (nSPS) is 18.1. The monoisotopic (exact) mass is 550 g/mol. The number of rotatable bonds is 8. The molecule has 1 aliphatic carbocycles. The second kappa shape index (κ2) is 11.9. The molecule has 8 heteroatoms. The number of fused-ring (bicyclic) bond motifs is 1. The van der Waals surface area contributed by atoms with Gasteiger partial charge in [0.2, 0.25) is 0 Å². The topological polar surface area (TPSA) is 9.23 Å². The molecule has 0 aromatic heterocycles. The minimum absolute atomic E-state index is 0.156. The minimum atomic E-state index is -4.93. The Hall–Kier alpha value is -3.21. The first-order valence-electron chi connectivity index (χ1n) is 13.2. The molecule has 3 aromatic carbocycles. The highest BCUT2D eigenvalue weighted by molar-refractivity contribution is 5.86. The summed E-state index contributed by atoms with van der Waals surface area (Å²) in [4.78, 5) is 0. The fraction of sp³-hybridized carbons (Fsp3) is 0.419. The van der Waals surface area contributed by atoms with Crippen molar-refractivity contribution in [2.45, 2.75) is 76.5 Å². The summed E-state index contributed by atoms with van der Waals surface area (Å²) in [5.41, 5.74) is -0.402. The Balaban J connectivity index is 1.45. The Labute approximate surface area is 223 Å². The SMILES string of the molecule is CCCCCC1CCC(c2ccc(C(F)(F)Oc3ccc4c(F)c(C#CC(F)(F)F)c(F)cc4c3)cc2)CC1. The highest BCUT2D eigenvalue weighted by Crippen LogP contribution is 2.39. The zero-order valence-corrected chi connectivity index (χ0v) is 21.5. The van der Waals surface area contributed by atoms with Gasteiger partial charge in [-0.2, -0.15) is 22.0 Å². The lowest BCUT2D eigenvalue weighted by Gasteiger charge is -2.29. The number of benzene rings is 3. The summed E-state index contributed by atoms with van der Waals surface area (Å²) in [5.74, 6) is 0.351. The van der Waals surface area contributed by atoms with Crippen molar-refractivity contribution in [3.63, 3.8) is 0 Å². The van der Waals surface area contributed by atoms with E-state index in [1.807, 2.05) is 0 Å².